The number of aromatic carboxylic acids is 1. The highest BCUT2D eigenvalue weighted by Gasteiger charge is 2.07. The minimum absolute atomic E-state index is 0.0809. The number of carboxylic acids is 1. The molecule has 0 aromatic carbocycles. The number of hydrogen-bond acceptors (Lipinski definition) is 4. The van der Waals surface area contributed by atoms with Crippen LogP contribution in [0, 0.1) is 0 Å². The molecule has 0 aliphatic carbocycles. The fourth-order valence-electron chi connectivity index (χ4n) is 1.49. The highest BCUT2D eigenvalue weighted by Crippen LogP contribution is 2.07. The van der Waals surface area contributed by atoms with Gasteiger partial charge in [0.25, 0.3) is 0 Å². The molecule has 7 nitrogen and oxygen atoms in total. The number of aromatic nitrogens is 3. The zero-order chi connectivity index (χ0) is 13.7. The first kappa shape index (κ1) is 12.7. The van der Waals surface area contributed by atoms with Crippen LogP contribution in [0.2, 0.25) is 0 Å². The molecule has 0 fully saturated rings. The Morgan fingerprint density at radius 2 is 2.21 bits per heavy atom. The average Bonchev–Trinajstić information content (AvgIpc) is 2.90. The van der Waals surface area contributed by atoms with Crippen molar-refractivity contribution in [3.8, 4) is 0 Å². The molecule has 2 N–H and O–H groups in total. The van der Waals surface area contributed by atoms with Crippen LogP contribution >= 0.6 is 0 Å². The Morgan fingerprint density at radius 1 is 1.37 bits per heavy atom. The Bertz CT molecular complexity index is 580. The van der Waals surface area contributed by atoms with Crippen molar-refractivity contribution in [2.75, 3.05) is 5.32 Å². The number of amides is 1. The molecule has 2 aromatic heterocycles. The average molecular weight is 260 g/mol. The molecule has 2 heterocycles. The van der Waals surface area contributed by atoms with Crippen molar-refractivity contribution in [1.82, 2.24) is 14.8 Å². The first-order valence-corrected chi connectivity index (χ1v) is 5.62. The molecule has 0 atom stereocenters. The summed E-state index contributed by atoms with van der Waals surface area (Å²) in [4.78, 5) is 26.3. The number of rotatable bonds is 5. The monoisotopic (exact) mass is 260 g/mol. The molecule has 0 bridgehead atoms. The number of pyridine rings is 1. The number of carbonyl (C=O) groups excluding carboxylic acids is 1. The summed E-state index contributed by atoms with van der Waals surface area (Å²) >= 11 is 0. The van der Waals surface area contributed by atoms with Crippen molar-refractivity contribution in [2.45, 2.75) is 13.0 Å². The molecule has 19 heavy (non-hydrogen) atoms. The van der Waals surface area contributed by atoms with Crippen LogP contribution in [0.5, 0.6) is 0 Å². The van der Waals surface area contributed by atoms with E-state index in [0.29, 0.717) is 6.54 Å². The lowest BCUT2D eigenvalue weighted by atomic mass is 10.2. The minimum Gasteiger partial charge on any atom is -0.478 e. The van der Waals surface area contributed by atoms with E-state index >= 15 is 0 Å². The molecular weight excluding hydrogens is 248 g/mol. The molecule has 1 amide bonds. The molecule has 0 spiro atoms. The van der Waals surface area contributed by atoms with Crippen molar-refractivity contribution in [3.63, 3.8) is 0 Å². The largest absolute Gasteiger partial charge is 0.478 e. The number of nitrogens with zero attached hydrogens (tertiary/aromatic N) is 3. The van der Waals surface area contributed by atoms with E-state index in [1.54, 1.807) is 23.1 Å². The summed E-state index contributed by atoms with van der Waals surface area (Å²) in [6.45, 7) is 0.456. The topological polar surface area (TPSA) is 97.1 Å². The van der Waals surface area contributed by atoms with Gasteiger partial charge in [0.05, 0.1) is 5.56 Å². The van der Waals surface area contributed by atoms with Gasteiger partial charge >= 0.3 is 5.97 Å². The zero-order valence-corrected chi connectivity index (χ0v) is 9.98. The lowest BCUT2D eigenvalue weighted by molar-refractivity contribution is -0.116. The van der Waals surface area contributed by atoms with E-state index < -0.39 is 5.97 Å². The van der Waals surface area contributed by atoms with Gasteiger partial charge in [0.15, 0.2) is 0 Å². The van der Waals surface area contributed by atoms with Crippen molar-refractivity contribution >= 4 is 17.7 Å². The van der Waals surface area contributed by atoms with Crippen LogP contribution in [0.1, 0.15) is 16.8 Å². The van der Waals surface area contributed by atoms with Crippen LogP contribution in [-0.2, 0) is 11.3 Å². The fourth-order valence-corrected chi connectivity index (χ4v) is 1.49. The maximum absolute atomic E-state index is 11.6. The van der Waals surface area contributed by atoms with E-state index in [-0.39, 0.29) is 23.7 Å². The predicted molar refractivity (Wildman–Crippen MR) is 66.7 cm³/mol. The van der Waals surface area contributed by atoms with Gasteiger partial charge < -0.3 is 10.4 Å². The van der Waals surface area contributed by atoms with Gasteiger partial charge in [0.1, 0.15) is 5.82 Å². The third-order valence-electron chi connectivity index (χ3n) is 2.40. The van der Waals surface area contributed by atoms with E-state index in [0.717, 1.165) is 0 Å². The van der Waals surface area contributed by atoms with Crippen molar-refractivity contribution in [1.29, 1.82) is 0 Å². The predicted octanol–water partition coefficient (Wildman–Crippen LogP) is 1.01. The van der Waals surface area contributed by atoms with Crippen molar-refractivity contribution in [3.05, 3.63) is 42.4 Å². The highest BCUT2D eigenvalue weighted by atomic mass is 16.4. The van der Waals surface area contributed by atoms with E-state index in [2.05, 4.69) is 15.4 Å². The summed E-state index contributed by atoms with van der Waals surface area (Å²) in [6, 6.07) is 4.45. The normalized spacial score (nSPS) is 10.1. The molecule has 7 heteroatoms. The third kappa shape index (κ3) is 3.63. The molecule has 0 saturated heterocycles. The molecule has 0 radical (unpaired) electrons. The molecule has 0 aliphatic rings. The Labute approximate surface area is 108 Å². The summed E-state index contributed by atoms with van der Waals surface area (Å²) in [5.74, 6) is -1.08. The van der Waals surface area contributed by atoms with Crippen LogP contribution in [-0.4, -0.2) is 31.7 Å². The van der Waals surface area contributed by atoms with E-state index in [4.69, 9.17) is 5.11 Å². The van der Waals surface area contributed by atoms with Gasteiger partial charge in [0.2, 0.25) is 5.91 Å². The summed E-state index contributed by atoms with van der Waals surface area (Å²) in [7, 11) is 0. The van der Waals surface area contributed by atoms with Crippen LogP contribution in [0.15, 0.2) is 36.8 Å². The summed E-state index contributed by atoms with van der Waals surface area (Å²) in [5.41, 5.74) is 0.0809. The van der Waals surface area contributed by atoms with Crippen LogP contribution in [0.3, 0.4) is 0 Å². The van der Waals surface area contributed by atoms with Gasteiger partial charge in [-0.15, -0.1) is 0 Å². The highest BCUT2D eigenvalue weighted by molar-refractivity contribution is 5.92. The summed E-state index contributed by atoms with van der Waals surface area (Å²) < 4.78 is 1.64. The number of anilines is 1. The van der Waals surface area contributed by atoms with Crippen molar-refractivity contribution < 1.29 is 14.7 Å². The van der Waals surface area contributed by atoms with Crippen molar-refractivity contribution in [2.24, 2.45) is 0 Å². The van der Waals surface area contributed by atoms with Gasteiger partial charge in [0, 0.05) is 31.6 Å². The molecule has 0 aliphatic heterocycles. The second-order valence-electron chi connectivity index (χ2n) is 3.80. The van der Waals surface area contributed by atoms with E-state index in [1.807, 2.05) is 0 Å². The third-order valence-corrected chi connectivity index (χ3v) is 2.40. The molecule has 2 aromatic rings. The summed E-state index contributed by atoms with van der Waals surface area (Å²) in [6.07, 6.45) is 4.97. The maximum Gasteiger partial charge on any atom is 0.335 e. The second-order valence-corrected chi connectivity index (χ2v) is 3.80. The SMILES string of the molecule is O=C(CCn1cccn1)Nc1cc(C(=O)O)ccn1. The number of carboxylic acid groups (broad SMARTS) is 1. The Kier molecular flexibility index (Phi) is 3.87. The Hall–Kier alpha value is -2.70. The van der Waals surface area contributed by atoms with Gasteiger partial charge in [-0.1, -0.05) is 0 Å². The maximum atomic E-state index is 11.6. The van der Waals surface area contributed by atoms with E-state index in [9.17, 15) is 9.59 Å². The van der Waals surface area contributed by atoms with Gasteiger partial charge in [-0.3, -0.25) is 9.48 Å². The van der Waals surface area contributed by atoms with Gasteiger partial charge in [-0.05, 0) is 18.2 Å². The number of nitrogens with one attached hydrogen (secondary N) is 1. The van der Waals surface area contributed by atoms with Crippen LogP contribution in [0.25, 0.3) is 0 Å². The smallest absolute Gasteiger partial charge is 0.335 e. The molecular formula is C12H12N4O3. The minimum atomic E-state index is -1.06. The van der Waals surface area contributed by atoms with Gasteiger partial charge in [-0.25, -0.2) is 9.78 Å². The van der Waals surface area contributed by atoms with Crippen LogP contribution < -0.4 is 5.32 Å². The lowest BCUT2D eigenvalue weighted by Gasteiger charge is -2.05. The first-order valence-electron chi connectivity index (χ1n) is 5.62. The molecule has 98 valence electrons. The quantitative estimate of drug-likeness (QED) is 0.836. The molecule has 2 rings (SSSR count). The van der Waals surface area contributed by atoms with E-state index in [1.165, 1.54) is 18.3 Å². The number of carbonyl (C=O) groups is 2. The first-order chi connectivity index (χ1) is 9.15. The zero-order valence-electron chi connectivity index (χ0n) is 9.98. The molecule has 0 unspecified atom stereocenters. The van der Waals surface area contributed by atoms with Gasteiger partial charge in [-0.2, -0.15) is 5.10 Å². The Balaban J connectivity index is 1.91. The van der Waals surface area contributed by atoms with Crippen LogP contribution in [0.4, 0.5) is 5.82 Å². The number of aryl methyl sites for hydroxylation is 1. The standard InChI is InChI=1S/C12H12N4O3/c17-11(3-7-16-6-1-4-14-16)15-10-8-9(12(18)19)2-5-13-10/h1-2,4-6,8H,3,7H2,(H,18,19)(H,13,15,17). The Morgan fingerprint density at radius 3 is 2.89 bits per heavy atom. The fraction of sp³-hybridized carbons (Fsp3) is 0.167. The second kappa shape index (κ2) is 5.76. The molecule has 0 saturated carbocycles. The lowest BCUT2D eigenvalue weighted by Crippen LogP contribution is -2.15. The summed E-state index contributed by atoms with van der Waals surface area (Å²) in [5, 5.41) is 15.3. The number of hydrogen-bond donors (Lipinski definition) is 2.